The van der Waals surface area contributed by atoms with E-state index in [0.29, 0.717) is 6.42 Å². The SMILES string of the molecule is CCCC/C(=N/Nc1ccc(S(N)(=O)=O)cc1[N+](=O)[O-])c1ccccc1. The first-order valence-electron chi connectivity index (χ1n) is 8.02. The standard InChI is InChI=1S/C17H20N4O4S/c1-2-3-9-15(13-7-5-4-6-8-13)19-20-16-11-10-14(26(18,24)25)12-17(16)21(22)23/h4-8,10-12,20H,2-3,9H2,1H3,(H2,18,24,25)/b19-15-. The Hall–Kier alpha value is -2.78. The number of unbranched alkanes of at least 4 members (excludes halogenated alkanes) is 1. The molecule has 26 heavy (non-hydrogen) atoms. The number of benzene rings is 2. The Balaban J connectivity index is 2.38. The van der Waals surface area contributed by atoms with Crippen LogP contribution in [0.25, 0.3) is 0 Å². The highest BCUT2D eigenvalue weighted by Gasteiger charge is 2.19. The zero-order valence-electron chi connectivity index (χ0n) is 14.3. The number of primary sulfonamides is 1. The van der Waals surface area contributed by atoms with Gasteiger partial charge in [0.05, 0.1) is 15.5 Å². The lowest BCUT2D eigenvalue weighted by Crippen LogP contribution is -2.13. The third kappa shape index (κ3) is 5.11. The van der Waals surface area contributed by atoms with Crippen molar-refractivity contribution >= 4 is 27.1 Å². The van der Waals surface area contributed by atoms with E-state index in [-0.39, 0.29) is 10.6 Å². The van der Waals surface area contributed by atoms with Crippen LogP contribution in [0.5, 0.6) is 0 Å². The van der Waals surface area contributed by atoms with Crippen molar-refractivity contribution in [3.63, 3.8) is 0 Å². The molecule has 2 rings (SSSR count). The molecule has 2 aromatic rings. The minimum absolute atomic E-state index is 0.0901. The van der Waals surface area contributed by atoms with Gasteiger partial charge in [-0.3, -0.25) is 15.5 Å². The predicted molar refractivity (Wildman–Crippen MR) is 101 cm³/mol. The lowest BCUT2D eigenvalue weighted by molar-refractivity contribution is -0.384. The quantitative estimate of drug-likeness (QED) is 0.415. The fourth-order valence-electron chi connectivity index (χ4n) is 2.30. The van der Waals surface area contributed by atoms with Gasteiger partial charge in [-0.1, -0.05) is 43.7 Å². The first kappa shape index (κ1) is 19.5. The minimum atomic E-state index is -4.03. The molecule has 0 atom stereocenters. The summed E-state index contributed by atoms with van der Waals surface area (Å²) in [5.41, 5.74) is 4.04. The number of sulfonamides is 1. The van der Waals surface area contributed by atoms with E-state index in [4.69, 9.17) is 5.14 Å². The molecule has 0 aliphatic carbocycles. The fraction of sp³-hybridized carbons (Fsp3) is 0.235. The van der Waals surface area contributed by atoms with Crippen LogP contribution in [0.3, 0.4) is 0 Å². The first-order chi connectivity index (χ1) is 12.3. The van der Waals surface area contributed by atoms with Crippen LogP contribution >= 0.6 is 0 Å². The Labute approximate surface area is 151 Å². The van der Waals surface area contributed by atoms with Crippen molar-refractivity contribution in [3.05, 3.63) is 64.2 Å². The Bertz CT molecular complexity index is 912. The highest BCUT2D eigenvalue weighted by Crippen LogP contribution is 2.27. The predicted octanol–water partition coefficient (Wildman–Crippen LogP) is 3.25. The van der Waals surface area contributed by atoms with E-state index in [2.05, 4.69) is 17.5 Å². The smallest absolute Gasteiger partial charge is 0.271 e. The number of nitro groups is 1. The van der Waals surface area contributed by atoms with Gasteiger partial charge < -0.3 is 0 Å². The monoisotopic (exact) mass is 376 g/mol. The second-order valence-corrected chi connectivity index (χ2v) is 7.18. The summed E-state index contributed by atoms with van der Waals surface area (Å²) in [5.74, 6) is 0. The maximum absolute atomic E-state index is 11.4. The molecular formula is C17H20N4O4S. The van der Waals surface area contributed by atoms with Crippen LogP contribution in [0.4, 0.5) is 11.4 Å². The molecule has 0 saturated heterocycles. The van der Waals surface area contributed by atoms with Crippen molar-refractivity contribution in [2.75, 3.05) is 5.43 Å². The van der Waals surface area contributed by atoms with Crippen LogP contribution < -0.4 is 10.6 Å². The maximum Gasteiger partial charge on any atom is 0.295 e. The number of nitrogens with two attached hydrogens (primary N) is 1. The molecule has 0 amide bonds. The van der Waals surface area contributed by atoms with Crippen LogP contribution in [0, 0.1) is 10.1 Å². The fourth-order valence-corrected chi connectivity index (χ4v) is 2.83. The summed E-state index contributed by atoms with van der Waals surface area (Å²) in [5, 5.41) is 20.6. The zero-order valence-corrected chi connectivity index (χ0v) is 15.1. The molecule has 0 aliphatic heterocycles. The van der Waals surface area contributed by atoms with Gasteiger partial charge in [0, 0.05) is 6.07 Å². The van der Waals surface area contributed by atoms with Gasteiger partial charge in [0.15, 0.2) is 0 Å². The van der Waals surface area contributed by atoms with E-state index in [1.54, 1.807) is 0 Å². The second kappa shape index (κ2) is 8.54. The average Bonchev–Trinajstić information content (AvgIpc) is 2.61. The molecule has 0 unspecified atom stereocenters. The van der Waals surface area contributed by atoms with Crippen LogP contribution in [0.2, 0.25) is 0 Å². The number of rotatable bonds is 8. The molecule has 0 bridgehead atoms. The Morgan fingerprint density at radius 3 is 2.50 bits per heavy atom. The van der Waals surface area contributed by atoms with Crippen LogP contribution in [0.15, 0.2) is 58.5 Å². The van der Waals surface area contributed by atoms with Gasteiger partial charge in [0.1, 0.15) is 5.69 Å². The van der Waals surface area contributed by atoms with Gasteiger partial charge >= 0.3 is 0 Å². The normalized spacial score (nSPS) is 12.0. The molecule has 0 fully saturated rings. The molecule has 138 valence electrons. The highest BCUT2D eigenvalue weighted by molar-refractivity contribution is 7.89. The minimum Gasteiger partial charge on any atom is -0.271 e. The van der Waals surface area contributed by atoms with E-state index in [9.17, 15) is 18.5 Å². The van der Waals surface area contributed by atoms with Gasteiger partial charge in [-0.25, -0.2) is 13.6 Å². The van der Waals surface area contributed by atoms with Crippen molar-refractivity contribution < 1.29 is 13.3 Å². The van der Waals surface area contributed by atoms with E-state index in [1.807, 2.05) is 30.3 Å². The summed E-state index contributed by atoms with van der Waals surface area (Å²) in [6.45, 7) is 2.06. The molecule has 0 saturated carbocycles. The third-order valence-electron chi connectivity index (χ3n) is 3.68. The van der Waals surface area contributed by atoms with E-state index >= 15 is 0 Å². The largest absolute Gasteiger partial charge is 0.295 e. The lowest BCUT2D eigenvalue weighted by Gasteiger charge is -2.09. The number of nitrogens with zero attached hydrogens (tertiary/aromatic N) is 2. The van der Waals surface area contributed by atoms with Crippen LogP contribution in [-0.4, -0.2) is 19.1 Å². The average molecular weight is 376 g/mol. The summed E-state index contributed by atoms with van der Waals surface area (Å²) in [6, 6.07) is 12.9. The summed E-state index contributed by atoms with van der Waals surface area (Å²) < 4.78 is 22.8. The summed E-state index contributed by atoms with van der Waals surface area (Å²) >= 11 is 0. The van der Waals surface area contributed by atoms with Crippen LogP contribution in [-0.2, 0) is 10.0 Å². The number of nitrogens with one attached hydrogen (secondary N) is 1. The van der Waals surface area contributed by atoms with E-state index in [1.165, 1.54) is 12.1 Å². The molecular weight excluding hydrogens is 356 g/mol. The van der Waals surface area contributed by atoms with Gasteiger partial charge in [-0.15, -0.1) is 0 Å². The molecule has 0 aromatic heterocycles. The van der Waals surface area contributed by atoms with Crippen molar-refractivity contribution in [2.24, 2.45) is 10.2 Å². The first-order valence-corrected chi connectivity index (χ1v) is 9.56. The van der Waals surface area contributed by atoms with Crippen molar-refractivity contribution in [2.45, 2.75) is 31.1 Å². The highest BCUT2D eigenvalue weighted by atomic mass is 32.2. The van der Waals surface area contributed by atoms with Gasteiger partial charge in [-0.05, 0) is 30.5 Å². The third-order valence-corrected chi connectivity index (χ3v) is 4.59. The van der Waals surface area contributed by atoms with Crippen molar-refractivity contribution in [1.82, 2.24) is 0 Å². The summed E-state index contributed by atoms with van der Waals surface area (Å²) in [6.07, 6.45) is 2.60. The van der Waals surface area contributed by atoms with E-state index < -0.39 is 20.6 Å². The Kier molecular flexibility index (Phi) is 6.42. The van der Waals surface area contributed by atoms with Gasteiger partial charge in [0.25, 0.3) is 5.69 Å². The molecule has 3 N–H and O–H groups in total. The second-order valence-electron chi connectivity index (χ2n) is 5.62. The number of nitro benzene ring substituents is 1. The van der Waals surface area contributed by atoms with Gasteiger partial charge in [-0.2, -0.15) is 5.10 Å². The van der Waals surface area contributed by atoms with Crippen molar-refractivity contribution in [1.29, 1.82) is 0 Å². The maximum atomic E-state index is 11.4. The Morgan fingerprint density at radius 2 is 1.92 bits per heavy atom. The van der Waals surface area contributed by atoms with Crippen molar-refractivity contribution in [3.8, 4) is 0 Å². The molecule has 0 heterocycles. The number of anilines is 1. The molecule has 0 radical (unpaired) electrons. The molecule has 8 nitrogen and oxygen atoms in total. The molecule has 0 aliphatic rings. The Morgan fingerprint density at radius 1 is 1.23 bits per heavy atom. The number of hydrogen-bond acceptors (Lipinski definition) is 6. The van der Waals surface area contributed by atoms with E-state index in [0.717, 1.165) is 30.2 Å². The molecule has 2 aromatic carbocycles. The van der Waals surface area contributed by atoms with Gasteiger partial charge in [0.2, 0.25) is 10.0 Å². The molecule has 0 spiro atoms. The molecule has 9 heteroatoms. The number of hydrogen-bond donors (Lipinski definition) is 2. The topological polar surface area (TPSA) is 128 Å². The lowest BCUT2D eigenvalue weighted by atomic mass is 10.1. The summed E-state index contributed by atoms with van der Waals surface area (Å²) in [7, 11) is -4.03. The zero-order chi connectivity index (χ0) is 19.2. The summed E-state index contributed by atoms with van der Waals surface area (Å²) in [4.78, 5) is 10.3. The van der Waals surface area contributed by atoms with Crippen LogP contribution in [0.1, 0.15) is 31.7 Å². The number of hydrazone groups is 1.